The molecule has 0 fully saturated rings. The van der Waals surface area contributed by atoms with Gasteiger partial charge in [0.2, 0.25) is 0 Å². The molecule has 0 saturated carbocycles. The summed E-state index contributed by atoms with van der Waals surface area (Å²) >= 11 is 0. The summed E-state index contributed by atoms with van der Waals surface area (Å²) in [6.07, 6.45) is 0. The second-order valence-corrected chi connectivity index (χ2v) is 5.80. The van der Waals surface area contributed by atoms with E-state index < -0.39 is 16.0 Å². The van der Waals surface area contributed by atoms with E-state index in [0.717, 1.165) is 10.4 Å². The number of hydrogen-bond donors (Lipinski definition) is 3. The van der Waals surface area contributed by atoms with Gasteiger partial charge in [-0.15, -0.1) is 0 Å². The topological polar surface area (TPSA) is 99.3 Å². The van der Waals surface area contributed by atoms with Gasteiger partial charge in [-0.25, -0.2) is 4.39 Å². The van der Waals surface area contributed by atoms with Gasteiger partial charge in [0.25, 0.3) is 10.2 Å². The van der Waals surface area contributed by atoms with Crippen LogP contribution in [0.3, 0.4) is 0 Å². The summed E-state index contributed by atoms with van der Waals surface area (Å²) in [6, 6.07) is 3.95. The number of nitrogens with one attached hydrogen (secondary N) is 2. The minimum Gasteiger partial charge on any atom is -0.384 e. The summed E-state index contributed by atoms with van der Waals surface area (Å²) in [7, 11) is -0.845. The van der Waals surface area contributed by atoms with E-state index in [2.05, 4.69) is 4.72 Å². The van der Waals surface area contributed by atoms with Gasteiger partial charge in [0.1, 0.15) is 11.7 Å². The third kappa shape index (κ3) is 3.49. The van der Waals surface area contributed by atoms with Gasteiger partial charge in [-0.1, -0.05) is 12.1 Å². The molecule has 4 N–H and O–H groups in total. The summed E-state index contributed by atoms with van der Waals surface area (Å²) in [5.74, 6) is -0.849. The first-order valence-corrected chi connectivity index (χ1v) is 6.48. The van der Waals surface area contributed by atoms with Crippen molar-refractivity contribution in [3.05, 3.63) is 35.1 Å². The Morgan fingerprint density at radius 3 is 2.56 bits per heavy atom. The van der Waals surface area contributed by atoms with Crippen molar-refractivity contribution in [2.45, 2.75) is 6.54 Å². The van der Waals surface area contributed by atoms with Crippen molar-refractivity contribution in [3.8, 4) is 0 Å². The molecular weight excluding hydrogens is 259 g/mol. The third-order valence-corrected chi connectivity index (χ3v) is 3.76. The second kappa shape index (κ2) is 5.42. The molecule has 100 valence electrons. The van der Waals surface area contributed by atoms with Crippen LogP contribution in [-0.2, 0) is 16.8 Å². The Morgan fingerprint density at radius 1 is 1.50 bits per heavy atom. The Hall–Kier alpha value is -1.51. The zero-order chi connectivity index (χ0) is 13.9. The van der Waals surface area contributed by atoms with E-state index in [1.807, 2.05) is 0 Å². The van der Waals surface area contributed by atoms with Crippen molar-refractivity contribution in [1.29, 1.82) is 5.41 Å². The minimum absolute atomic E-state index is 0.162. The van der Waals surface area contributed by atoms with Crippen LogP contribution >= 0.6 is 0 Å². The SMILES string of the molecule is CN(C)S(=O)(=O)NCc1ccc(C(=N)N)cc1F. The van der Waals surface area contributed by atoms with Crippen molar-refractivity contribution in [2.24, 2.45) is 5.73 Å². The summed E-state index contributed by atoms with van der Waals surface area (Å²) in [4.78, 5) is 0. The average molecular weight is 274 g/mol. The second-order valence-electron chi connectivity index (χ2n) is 3.83. The number of rotatable bonds is 5. The number of amidine groups is 1. The molecule has 0 aliphatic heterocycles. The molecule has 0 spiro atoms. The van der Waals surface area contributed by atoms with Gasteiger partial charge < -0.3 is 5.73 Å². The van der Waals surface area contributed by atoms with Crippen LogP contribution in [0.4, 0.5) is 4.39 Å². The Kier molecular flexibility index (Phi) is 4.38. The van der Waals surface area contributed by atoms with Gasteiger partial charge in [-0.2, -0.15) is 17.4 Å². The van der Waals surface area contributed by atoms with Crippen LogP contribution in [0.25, 0.3) is 0 Å². The number of nitrogen functional groups attached to an aromatic ring is 1. The molecule has 0 aliphatic rings. The van der Waals surface area contributed by atoms with E-state index >= 15 is 0 Å². The fourth-order valence-electron chi connectivity index (χ4n) is 1.16. The van der Waals surface area contributed by atoms with Crippen LogP contribution in [0.1, 0.15) is 11.1 Å². The predicted octanol–water partition coefficient (Wildman–Crippen LogP) is 0.00577. The van der Waals surface area contributed by atoms with Crippen LogP contribution in [0, 0.1) is 11.2 Å². The van der Waals surface area contributed by atoms with Crippen molar-refractivity contribution >= 4 is 16.0 Å². The third-order valence-electron chi connectivity index (χ3n) is 2.29. The molecule has 1 aromatic rings. The van der Waals surface area contributed by atoms with Gasteiger partial charge in [-0.3, -0.25) is 5.41 Å². The predicted molar refractivity (Wildman–Crippen MR) is 66.9 cm³/mol. The first-order valence-electron chi connectivity index (χ1n) is 5.04. The number of hydrogen-bond acceptors (Lipinski definition) is 3. The fourth-order valence-corrected chi connectivity index (χ4v) is 1.75. The fraction of sp³-hybridized carbons (Fsp3) is 0.300. The zero-order valence-electron chi connectivity index (χ0n) is 10.1. The van der Waals surface area contributed by atoms with Crippen molar-refractivity contribution in [1.82, 2.24) is 9.03 Å². The maximum absolute atomic E-state index is 13.6. The van der Waals surface area contributed by atoms with Crippen molar-refractivity contribution in [3.63, 3.8) is 0 Å². The smallest absolute Gasteiger partial charge is 0.279 e. The Balaban J connectivity index is 2.84. The molecule has 1 rings (SSSR count). The van der Waals surface area contributed by atoms with Crippen molar-refractivity contribution in [2.75, 3.05) is 14.1 Å². The van der Waals surface area contributed by atoms with E-state index in [1.165, 1.54) is 26.2 Å². The lowest BCUT2D eigenvalue weighted by Crippen LogP contribution is -2.35. The molecule has 0 heterocycles. The Morgan fingerprint density at radius 2 is 2.11 bits per heavy atom. The number of nitrogens with zero attached hydrogens (tertiary/aromatic N) is 1. The lowest BCUT2D eigenvalue weighted by atomic mass is 10.1. The summed E-state index contributed by atoms with van der Waals surface area (Å²) < 4.78 is 39.7. The summed E-state index contributed by atoms with van der Waals surface area (Å²) in [5.41, 5.74) is 5.66. The van der Waals surface area contributed by atoms with Crippen LogP contribution < -0.4 is 10.5 Å². The highest BCUT2D eigenvalue weighted by molar-refractivity contribution is 7.87. The molecule has 18 heavy (non-hydrogen) atoms. The molecular formula is C10H15FN4O2S. The van der Waals surface area contributed by atoms with E-state index in [-0.39, 0.29) is 23.5 Å². The number of halogens is 1. The standard InChI is InChI=1S/C10H15FN4O2S/c1-15(2)18(16,17)14-6-8-4-3-7(10(12)13)5-9(8)11/h3-5,14H,6H2,1-2H3,(H3,12,13). The summed E-state index contributed by atoms with van der Waals surface area (Å²) in [6.45, 7) is -0.162. The van der Waals surface area contributed by atoms with Gasteiger partial charge in [0.15, 0.2) is 0 Å². The van der Waals surface area contributed by atoms with Crippen molar-refractivity contribution < 1.29 is 12.8 Å². The quantitative estimate of drug-likeness (QED) is 0.521. The molecule has 6 nitrogen and oxygen atoms in total. The molecule has 0 unspecified atom stereocenters. The van der Waals surface area contributed by atoms with Gasteiger partial charge in [0, 0.05) is 31.8 Å². The van der Waals surface area contributed by atoms with Crippen LogP contribution in [0.2, 0.25) is 0 Å². The number of nitrogens with two attached hydrogens (primary N) is 1. The Bertz CT molecular complexity index is 557. The first kappa shape index (κ1) is 14.6. The lowest BCUT2D eigenvalue weighted by molar-refractivity contribution is 0.503. The molecule has 0 atom stereocenters. The van der Waals surface area contributed by atoms with Gasteiger partial charge >= 0.3 is 0 Å². The highest BCUT2D eigenvalue weighted by atomic mass is 32.2. The molecule has 0 radical (unpaired) electrons. The molecule has 0 aromatic heterocycles. The molecule has 0 bridgehead atoms. The maximum Gasteiger partial charge on any atom is 0.279 e. The van der Waals surface area contributed by atoms with Gasteiger partial charge in [0.05, 0.1) is 0 Å². The summed E-state index contributed by atoms with van der Waals surface area (Å²) in [5, 5.41) is 7.15. The normalized spacial score (nSPS) is 11.8. The average Bonchev–Trinajstić information content (AvgIpc) is 2.26. The van der Waals surface area contributed by atoms with E-state index in [1.54, 1.807) is 0 Å². The molecule has 0 amide bonds. The highest BCUT2D eigenvalue weighted by Gasteiger charge is 2.14. The van der Waals surface area contributed by atoms with E-state index in [4.69, 9.17) is 11.1 Å². The Labute approximate surface area is 105 Å². The van der Waals surface area contributed by atoms with Gasteiger partial charge in [-0.05, 0) is 6.07 Å². The van der Waals surface area contributed by atoms with Crippen LogP contribution in [0.15, 0.2) is 18.2 Å². The minimum atomic E-state index is -3.59. The monoisotopic (exact) mass is 274 g/mol. The molecule has 0 aliphatic carbocycles. The molecule has 1 aromatic carbocycles. The maximum atomic E-state index is 13.6. The van der Waals surface area contributed by atoms with Crippen LogP contribution in [-0.4, -0.2) is 32.7 Å². The zero-order valence-corrected chi connectivity index (χ0v) is 10.9. The van der Waals surface area contributed by atoms with Crippen LogP contribution in [0.5, 0.6) is 0 Å². The molecule has 8 heteroatoms. The number of benzene rings is 1. The van der Waals surface area contributed by atoms with E-state index in [0.29, 0.717) is 0 Å². The highest BCUT2D eigenvalue weighted by Crippen LogP contribution is 2.10. The van der Waals surface area contributed by atoms with E-state index in [9.17, 15) is 12.8 Å². The lowest BCUT2D eigenvalue weighted by Gasteiger charge is -2.12. The largest absolute Gasteiger partial charge is 0.384 e. The molecule has 0 saturated heterocycles. The first-order chi connectivity index (χ1) is 8.24.